The number of hydrogen-bond donors (Lipinski definition) is 0. The highest BCUT2D eigenvalue weighted by Crippen LogP contribution is 2.15. The van der Waals surface area contributed by atoms with Crippen molar-refractivity contribution in [2.75, 3.05) is 0 Å². The number of rotatable bonds is 0. The Kier molecular flexibility index (Phi) is 5.91. The van der Waals surface area contributed by atoms with Crippen LogP contribution in [-0.2, 0) is 0 Å². The minimum Gasteiger partial charge on any atom is -0.0818 e. The van der Waals surface area contributed by atoms with Crippen molar-refractivity contribution in [2.45, 2.75) is 47.0 Å². The van der Waals surface area contributed by atoms with Gasteiger partial charge in [-0.25, -0.2) is 0 Å². The average Bonchev–Trinajstić information content (AvgIpc) is 2.20. The molecule has 0 aliphatic heterocycles. The van der Waals surface area contributed by atoms with Crippen LogP contribution < -0.4 is 0 Å². The van der Waals surface area contributed by atoms with Crippen molar-refractivity contribution in [3.8, 4) is 0 Å². The molecule has 0 N–H and O–H groups in total. The molecule has 0 aromatic heterocycles. The van der Waals surface area contributed by atoms with Crippen molar-refractivity contribution in [3.05, 3.63) is 23.3 Å². The lowest BCUT2D eigenvalue weighted by Crippen LogP contribution is -1.75. The summed E-state index contributed by atoms with van der Waals surface area (Å²) in [4.78, 5) is 0. The zero-order valence-electron chi connectivity index (χ0n) is 8.28. The van der Waals surface area contributed by atoms with Crippen LogP contribution in [-0.4, -0.2) is 0 Å². The monoisotopic (exact) mass is 152 g/mol. The predicted molar refractivity (Wildman–Crippen MR) is 52.7 cm³/mol. The van der Waals surface area contributed by atoms with Gasteiger partial charge >= 0.3 is 0 Å². The molecule has 1 aliphatic carbocycles. The lowest BCUT2D eigenvalue weighted by molar-refractivity contribution is 0.933. The van der Waals surface area contributed by atoms with Crippen LogP contribution in [0.1, 0.15) is 47.0 Å². The Bertz CT molecular complexity index is 131. The first-order valence-corrected chi connectivity index (χ1v) is 4.60. The standard InChI is InChI=1S/C9H14.C2H6/c1-8-4-3-5-9(2)7-6-8;1-2/h4-5H,3,6-7H2,1-2H3;1-2H3. The molecule has 0 aromatic carbocycles. The Morgan fingerprint density at radius 2 is 1.27 bits per heavy atom. The van der Waals surface area contributed by atoms with Crippen LogP contribution in [0.5, 0.6) is 0 Å². The van der Waals surface area contributed by atoms with Gasteiger partial charge in [0.15, 0.2) is 0 Å². The van der Waals surface area contributed by atoms with E-state index in [1.165, 1.54) is 12.8 Å². The van der Waals surface area contributed by atoms with E-state index in [4.69, 9.17) is 0 Å². The van der Waals surface area contributed by atoms with Gasteiger partial charge in [-0.3, -0.25) is 0 Å². The summed E-state index contributed by atoms with van der Waals surface area (Å²) in [5.41, 5.74) is 3.09. The lowest BCUT2D eigenvalue weighted by Gasteiger charge is -1.95. The SMILES string of the molecule is CC.CC1=CCC=C(C)CC1. The van der Waals surface area contributed by atoms with Crippen molar-refractivity contribution in [2.24, 2.45) is 0 Å². The van der Waals surface area contributed by atoms with E-state index >= 15 is 0 Å². The highest BCUT2D eigenvalue weighted by molar-refractivity contribution is 5.12. The minimum absolute atomic E-state index is 1.15. The Morgan fingerprint density at radius 3 is 1.64 bits per heavy atom. The Labute approximate surface area is 71.0 Å². The summed E-state index contributed by atoms with van der Waals surface area (Å²) in [6, 6.07) is 0. The smallest absolute Gasteiger partial charge is 0.0164 e. The van der Waals surface area contributed by atoms with Gasteiger partial charge in [-0.1, -0.05) is 37.1 Å². The third-order valence-electron chi connectivity index (χ3n) is 1.85. The molecule has 64 valence electrons. The predicted octanol–water partition coefficient (Wildman–Crippen LogP) is 4.09. The molecule has 0 heteroatoms. The maximum Gasteiger partial charge on any atom is -0.0164 e. The molecule has 0 heterocycles. The summed E-state index contributed by atoms with van der Waals surface area (Å²) < 4.78 is 0. The number of hydrogen-bond acceptors (Lipinski definition) is 0. The third-order valence-corrected chi connectivity index (χ3v) is 1.85. The Hall–Kier alpha value is -0.520. The van der Waals surface area contributed by atoms with E-state index in [0.717, 1.165) is 6.42 Å². The van der Waals surface area contributed by atoms with E-state index in [0.29, 0.717) is 0 Å². The molecule has 0 saturated heterocycles. The first-order chi connectivity index (χ1) is 5.29. The lowest BCUT2D eigenvalue weighted by atomic mass is 10.1. The second kappa shape index (κ2) is 6.21. The van der Waals surface area contributed by atoms with Crippen molar-refractivity contribution < 1.29 is 0 Å². The summed E-state index contributed by atoms with van der Waals surface area (Å²) in [6.07, 6.45) is 8.31. The molecule has 0 saturated carbocycles. The fourth-order valence-electron chi connectivity index (χ4n) is 1.06. The molecule has 11 heavy (non-hydrogen) atoms. The van der Waals surface area contributed by atoms with Crippen molar-refractivity contribution in [3.63, 3.8) is 0 Å². The quantitative estimate of drug-likeness (QED) is 0.459. The van der Waals surface area contributed by atoms with Gasteiger partial charge in [0.2, 0.25) is 0 Å². The van der Waals surface area contributed by atoms with Gasteiger partial charge in [-0.15, -0.1) is 0 Å². The molecular weight excluding hydrogens is 132 g/mol. The molecule has 0 aromatic rings. The summed E-state index contributed by atoms with van der Waals surface area (Å²) in [5.74, 6) is 0. The molecule has 1 rings (SSSR count). The van der Waals surface area contributed by atoms with Crippen LogP contribution in [0.25, 0.3) is 0 Å². The summed E-state index contributed by atoms with van der Waals surface area (Å²) in [5, 5.41) is 0. The van der Waals surface area contributed by atoms with Crippen molar-refractivity contribution >= 4 is 0 Å². The van der Waals surface area contributed by atoms with E-state index in [9.17, 15) is 0 Å². The van der Waals surface area contributed by atoms with Crippen molar-refractivity contribution in [1.82, 2.24) is 0 Å². The van der Waals surface area contributed by atoms with Gasteiger partial charge in [-0.05, 0) is 33.1 Å². The molecule has 0 atom stereocenters. The zero-order valence-corrected chi connectivity index (χ0v) is 8.28. The van der Waals surface area contributed by atoms with E-state index in [1.54, 1.807) is 11.1 Å². The molecular formula is C11H20. The van der Waals surface area contributed by atoms with E-state index < -0.39 is 0 Å². The average molecular weight is 152 g/mol. The zero-order chi connectivity index (χ0) is 8.69. The highest BCUT2D eigenvalue weighted by Gasteiger charge is 1.95. The number of allylic oxidation sites excluding steroid dienone is 4. The second-order valence-electron chi connectivity index (χ2n) is 2.84. The Balaban J connectivity index is 0.000000461. The fourth-order valence-corrected chi connectivity index (χ4v) is 1.06. The normalized spacial score (nSPS) is 17.1. The van der Waals surface area contributed by atoms with Gasteiger partial charge < -0.3 is 0 Å². The molecule has 0 unspecified atom stereocenters. The first-order valence-electron chi connectivity index (χ1n) is 4.60. The van der Waals surface area contributed by atoms with Crippen LogP contribution in [0.2, 0.25) is 0 Å². The molecule has 1 aliphatic rings. The van der Waals surface area contributed by atoms with Gasteiger partial charge in [0, 0.05) is 0 Å². The molecule has 0 amide bonds. The maximum absolute atomic E-state index is 2.32. The fraction of sp³-hybridized carbons (Fsp3) is 0.636. The van der Waals surface area contributed by atoms with Crippen LogP contribution in [0, 0.1) is 0 Å². The summed E-state index contributed by atoms with van der Waals surface area (Å²) >= 11 is 0. The van der Waals surface area contributed by atoms with Crippen LogP contribution in [0.15, 0.2) is 23.3 Å². The van der Waals surface area contributed by atoms with Gasteiger partial charge in [0.25, 0.3) is 0 Å². The van der Waals surface area contributed by atoms with Gasteiger partial charge in [-0.2, -0.15) is 0 Å². The maximum atomic E-state index is 2.32. The first kappa shape index (κ1) is 10.5. The Morgan fingerprint density at radius 1 is 0.909 bits per heavy atom. The summed E-state index contributed by atoms with van der Waals surface area (Å²) in [6.45, 7) is 8.43. The second-order valence-corrected chi connectivity index (χ2v) is 2.84. The van der Waals surface area contributed by atoms with Crippen molar-refractivity contribution in [1.29, 1.82) is 0 Å². The molecule has 0 fully saturated rings. The van der Waals surface area contributed by atoms with E-state index in [2.05, 4.69) is 26.0 Å². The van der Waals surface area contributed by atoms with E-state index in [1.807, 2.05) is 13.8 Å². The topological polar surface area (TPSA) is 0 Å². The molecule has 0 bridgehead atoms. The molecule has 0 radical (unpaired) electrons. The summed E-state index contributed by atoms with van der Waals surface area (Å²) in [7, 11) is 0. The molecule has 0 nitrogen and oxygen atoms in total. The minimum atomic E-state index is 1.15. The van der Waals surface area contributed by atoms with Crippen LogP contribution >= 0.6 is 0 Å². The van der Waals surface area contributed by atoms with Gasteiger partial charge in [0.1, 0.15) is 0 Å². The largest absolute Gasteiger partial charge is 0.0818 e. The van der Waals surface area contributed by atoms with E-state index in [-0.39, 0.29) is 0 Å². The third kappa shape index (κ3) is 4.83. The van der Waals surface area contributed by atoms with Gasteiger partial charge in [0.05, 0.1) is 0 Å². The highest BCUT2D eigenvalue weighted by atomic mass is 14.0. The molecule has 0 spiro atoms. The van der Waals surface area contributed by atoms with Crippen LogP contribution in [0.4, 0.5) is 0 Å². The van der Waals surface area contributed by atoms with Crippen LogP contribution in [0.3, 0.4) is 0 Å².